The summed E-state index contributed by atoms with van der Waals surface area (Å²) in [6.45, 7) is 8.40. The highest BCUT2D eigenvalue weighted by Crippen LogP contribution is 2.26. The normalized spacial score (nSPS) is 11.9. The van der Waals surface area contributed by atoms with Crippen molar-refractivity contribution in [3.63, 3.8) is 0 Å². The number of ether oxygens (including phenoxy) is 2. The second-order valence-electron chi connectivity index (χ2n) is 6.66. The fourth-order valence-corrected chi connectivity index (χ4v) is 2.79. The first-order valence-corrected chi connectivity index (χ1v) is 8.72. The van der Waals surface area contributed by atoms with Crippen LogP contribution in [0.4, 0.5) is 0 Å². The second kappa shape index (κ2) is 8.61. The number of benzene rings is 2. The predicted octanol–water partition coefficient (Wildman–Crippen LogP) is 3.92. The molecular weight excluding hydrogens is 330 g/mol. The molecule has 0 radical (unpaired) electrons. The van der Waals surface area contributed by atoms with Crippen molar-refractivity contribution in [2.75, 3.05) is 7.11 Å². The van der Waals surface area contributed by atoms with Gasteiger partial charge in [-0.25, -0.2) is 0 Å². The molecular formula is C21H27NO4. The van der Waals surface area contributed by atoms with E-state index < -0.39 is 6.10 Å². The lowest BCUT2D eigenvalue weighted by Gasteiger charge is -2.17. The number of rotatable bonds is 7. The van der Waals surface area contributed by atoms with Gasteiger partial charge in [-0.05, 0) is 60.7 Å². The van der Waals surface area contributed by atoms with Crippen molar-refractivity contribution in [1.82, 2.24) is 5.32 Å². The SMILES string of the molecule is COc1cc(CNC(=O)C(C)Oc2ccc(C(C)C)c(C)c2)ccc1O. The van der Waals surface area contributed by atoms with Crippen molar-refractivity contribution < 1.29 is 19.4 Å². The Morgan fingerprint density at radius 2 is 1.88 bits per heavy atom. The zero-order valence-corrected chi connectivity index (χ0v) is 16.0. The molecule has 1 atom stereocenters. The zero-order valence-electron chi connectivity index (χ0n) is 16.0. The number of phenols is 1. The Labute approximate surface area is 155 Å². The monoisotopic (exact) mass is 357 g/mol. The molecule has 0 saturated carbocycles. The van der Waals surface area contributed by atoms with Gasteiger partial charge in [0.25, 0.3) is 5.91 Å². The summed E-state index contributed by atoms with van der Waals surface area (Å²) in [5, 5.41) is 12.4. The van der Waals surface area contributed by atoms with Gasteiger partial charge in [0, 0.05) is 6.54 Å². The molecule has 26 heavy (non-hydrogen) atoms. The number of phenolic OH excluding ortho intramolecular Hbond substituents is 1. The summed E-state index contributed by atoms with van der Waals surface area (Å²) in [6, 6.07) is 10.9. The Morgan fingerprint density at radius 1 is 1.15 bits per heavy atom. The highest BCUT2D eigenvalue weighted by Gasteiger charge is 2.15. The van der Waals surface area contributed by atoms with E-state index >= 15 is 0 Å². The number of hydrogen-bond donors (Lipinski definition) is 2. The van der Waals surface area contributed by atoms with Crippen molar-refractivity contribution >= 4 is 5.91 Å². The molecule has 0 saturated heterocycles. The van der Waals surface area contributed by atoms with Crippen molar-refractivity contribution in [1.29, 1.82) is 0 Å². The van der Waals surface area contributed by atoms with Gasteiger partial charge >= 0.3 is 0 Å². The summed E-state index contributed by atoms with van der Waals surface area (Å²) in [5.74, 6) is 1.37. The third kappa shape index (κ3) is 4.91. The van der Waals surface area contributed by atoms with E-state index in [1.807, 2.05) is 25.1 Å². The highest BCUT2D eigenvalue weighted by molar-refractivity contribution is 5.80. The minimum Gasteiger partial charge on any atom is -0.504 e. The van der Waals surface area contributed by atoms with E-state index in [0.29, 0.717) is 24.0 Å². The summed E-state index contributed by atoms with van der Waals surface area (Å²) in [6.07, 6.45) is -0.613. The number of carbonyl (C=O) groups is 1. The molecule has 2 aromatic carbocycles. The number of amides is 1. The van der Waals surface area contributed by atoms with Gasteiger partial charge in [0.15, 0.2) is 17.6 Å². The molecule has 2 N–H and O–H groups in total. The van der Waals surface area contributed by atoms with E-state index in [9.17, 15) is 9.90 Å². The fraction of sp³-hybridized carbons (Fsp3) is 0.381. The van der Waals surface area contributed by atoms with Gasteiger partial charge in [0.2, 0.25) is 0 Å². The molecule has 5 heteroatoms. The summed E-state index contributed by atoms with van der Waals surface area (Å²) >= 11 is 0. The van der Waals surface area contributed by atoms with E-state index in [-0.39, 0.29) is 11.7 Å². The lowest BCUT2D eigenvalue weighted by atomic mass is 9.98. The molecule has 0 aliphatic rings. The van der Waals surface area contributed by atoms with Crippen LogP contribution in [0, 0.1) is 6.92 Å². The molecule has 0 aromatic heterocycles. The Balaban J connectivity index is 1.94. The van der Waals surface area contributed by atoms with Crippen molar-refractivity contribution in [2.24, 2.45) is 0 Å². The maximum absolute atomic E-state index is 12.3. The summed E-state index contributed by atoms with van der Waals surface area (Å²) < 4.78 is 10.8. The molecule has 1 unspecified atom stereocenters. The molecule has 140 valence electrons. The molecule has 0 fully saturated rings. The standard InChI is InChI=1S/C21H27NO4/c1-13(2)18-8-7-17(10-14(18)3)26-15(4)21(24)22-12-16-6-9-19(23)20(11-16)25-5/h6-11,13,15,23H,12H2,1-5H3,(H,22,24). The fourth-order valence-electron chi connectivity index (χ4n) is 2.79. The van der Waals surface area contributed by atoms with Crippen LogP contribution in [-0.2, 0) is 11.3 Å². The van der Waals surface area contributed by atoms with Crippen LogP contribution in [0.2, 0.25) is 0 Å². The maximum Gasteiger partial charge on any atom is 0.261 e. The summed E-state index contributed by atoms with van der Waals surface area (Å²) in [7, 11) is 1.49. The molecule has 2 aromatic rings. The minimum atomic E-state index is -0.613. The highest BCUT2D eigenvalue weighted by atomic mass is 16.5. The first kappa shape index (κ1) is 19.6. The van der Waals surface area contributed by atoms with E-state index in [0.717, 1.165) is 11.1 Å². The summed E-state index contributed by atoms with van der Waals surface area (Å²) in [4.78, 5) is 12.3. The molecule has 0 aliphatic carbocycles. The van der Waals surface area contributed by atoms with Crippen LogP contribution in [-0.4, -0.2) is 24.2 Å². The molecule has 2 rings (SSSR count). The first-order chi connectivity index (χ1) is 12.3. The first-order valence-electron chi connectivity index (χ1n) is 8.72. The average molecular weight is 357 g/mol. The van der Waals surface area contributed by atoms with Crippen LogP contribution >= 0.6 is 0 Å². The van der Waals surface area contributed by atoms with Crippen LogP contribution in [0.15, 0.2) is 36.4 Å². The van der Waals surface area contributed by atoms with Gasteiger partial charge < -0.3 is 19.9 Å². The van der Waals surface area contributed by atoms with Gasteiger partial charge in [-0.3, -0.25) is 4.79 Å². The average Bonchev–Trinajstić information content (AvgIpc) is 2.60. The second-order valence-corrected chi connectivity index (χ2v) is 6.66. The smallest absolute Gasteiger partial charge is 0.261 e. The van der Waals surface area contributed by atoms with E-state index in [1.54, 1.807) is 25.1 Å². The van der Waals surface area contributed by atoms with E-state index in [4.69, 9.17) is 9.47 Å². The number of aromatic hydroxyl groups is 1. The summed E-state index contributed by atoms with van der Waals surface area (Å²) in [5.41, 5.74) is 3.26. The van der Waals surface area contributed by atoms with E-state index in [2.05, 4.69) is 19.2 Å². The van der Waals surface area contributed by atoms with Crippen molar-refractivity contribution in [3.8, 4) is 17.2 Å². The Kier molecular flexibility index (Phi) is 6.50. The molecule has 1 amide bonds. The van der Waals surface area contributed by atoms with Gasteiger partial charge in [0.05, 0.1) is 7.11 Å². The van der Waals surface area contributed by atoms with Crippen LogP contribution in [0.5, 0.6) is 17.2 Å². The number of aryl methyl sites for hydroxylation is 1. The molecule has 5 nitrogen and oxygen atoms in total. The number of carbonyl (C=O) groups excluding carboxylic acids is 1. The van der Waals surface area contributed by atoms with Crippen LogP contribution in [0.3, 0.4) is 0 Å². The van der Waals surface area contributed by atoms with Gasteiger partial charge in [-0.1, -0.05) is 26.0 Å². The lowest BCUT2D eigenvalue weighted by molar-refractivity contribution is -0.127. The third-order valence-electron chi connectivity index (χ3n) is 4.26. The molecule has 0 spiro atoms. The quantitative estimate of drug-likeness (QED) is 0.788. The lowest BCUT2D eigenvalue weighted by Crippen LogP contribution is -2.35. The minimum absolute atomic E-state index is 0.0690. The van der Waals surface area contributed by atoms with Gasteiger partial charge in [0.1, 0.15) is 5.75 Å². The Hall–Kier alpha value is -2.69. The van der Waals surface area contributed by atoms with Gasteiger partial charge in [-0.15, -0.1) is 0 Å². The molecule has 0 bridgehead atoms. The van der Waals surface area contributed by atoms with E-state index in [1.165, 1.54) is 12.7 Å². The van der Waals surface area contributed by atoms with Crippen molar-refractivity contribution in [3.05, 3.63) is 53.1 Å². The zero-order chi connectivity index (χ0) is 19.3. The predicted molar refractivity (Wildman–Crippen MR) is 102 cm³/mol. The molecule has 0 heterocycles. The topological polar surface area (TPSA) is 67.8 Å². The maximum atomic E-state index is 12.3. The number of methoxy groups -OCH3 is 1. The Morgan fingerprint density at radius 3 is 2.50 bits per heavy atom. The molecule has 0 aliphatic heterocycles. The largest absolute Gasteiger partial charge is 0.504 e. The third-order valence-corrected chi connectivity index (χ3v) is 4.26. The van der Waals surface area contributed by atoms with Crippen LogP contribution < -0.4 is 14.8 Å². The van der Waals surface area contributed by atoms with Gasteiger partial charge in [-0.2, -0.15) is 0 Å². The van der Waals surface area contributed by atoms with Crippen molar-refractivity contribution in [2.45, 2.75) is 46.3 Å². The Bertz CT molecular complexity index is 771. The number of hydrogen-bond acceptors (Lipinski definition) is 4. The van der Waals surface area contributed by atoms with Crippen LogP contribution in [0.25, 0.3) is 0 Å². The van der Waals surface area contributed by atoms with Crippen LogP contribution in [0.1, 0.15) is 43.4 Å². The number of nitrogens with one attached hydrogen (secondary N) is 1.